The van der Waals surface area contributed by atoms with Crippen molar-refractivity contribution < 1.29 is 0 Å². The van der Waals surface area contributed by atoms with Crippen molar-refractivity contribution in [3.05, 3.63) is 33.8 Å². The first kappa shape index (κ1) is 9.14. The molecule has 0 aliphatic heterocycles. The Morgan fingerprint density at radius 2 is 2.18 bits per heavy atom. The van der Waals surface area contributed by atoms with Gasteiger partial charge in [-0.25, -0.2) is 0 Å². The molecular formula is C9H11BrS. The van der Waals surface area contributed by atoms with E-state index in [1.54, 1.807) is 0 Å². The van der Waals surface area contributed by atoms with Crippen molar-refractivity contribution >= 4 is 28.6 Å². The summed E-state index contributed by atoms with van der Waals surface area (Å²) in [4.78, 5) is 0. The molecule has 1 aromatic carbocycles. The maximum atomic E-state index is 4.18. The van der Waals surface area contributed by atoms with Crippen LogP contribution in [-0.2, 0) is 6.42 Å². The molecule has 0 spiro atoms. The van der Waals surface area contributed by atoms with Gasteiger partial charge in [0.2, 0.25) is 0 Å². The highest BCUT2D eigenvalue weighted by Gasteiger charge is 1.95. The van der Waals surface area contributed by atoms with E-state index in [-0.39, 0.29) is 0 Å². The topological polar surface area (TPSA) is 0 Å². The first-order valence-corrected chi connectivity index (χ1v) is 5.02. The van der Waals surface area contributed by atoms with E-state index in [1.165, 1.54) is 15.6 Å². The molecule has 60 valence electrons. The molecule has 0 aliphatic carbocycles. The van der Waals surface area contributed by atoms with Gasteiger partial charge in [-0.1, -0.05) is 28.1 Å². The number of hydrogen-bond acceptors (Lipinski definition) is 1. The lowest BCUT2D eigenvalue weighted by Crippen LogP contribution is -1.86. The van der Waals surface area contributed by atoms with E-state index in [4.69, 9.17) is 0 Å². The quantitative estimate of drug-likeness (QED) is 0.742. The van der Waals surface area contributed by atoms with Gasteiger partial charge in [-0.05, 0) is 36.3 Å². The second-order valence-electron chi connectivity index (χ2n) is 2.56. The number of aryl methyl sites for hydroxylation is 2. The SMILES string of the molecule is Cc1ccc(CCS)cc1Br. The smallest absolute Gasteiger partial charge is 0.0207 e. The third kappa shape index (κ3) is 2.53. The summed E-state index contributed by atoms with van der Waals surface area (Å²) in [6.07, 6.45) is 1.04. The second kappa shape index (κ2) is 4.17. The molecule has 0 nitrogen and oxygen atoms in total. The van der Waals surface area contributed by atoms with Gasteiger partial charge in [0.25, 0.3) is 0 Å². The Morgan fingerprint density at radius 1 is 1.45 bits per heavy atom. The molecule has 0 N–H and O–H groups in total. The Balaban J connectivity index is 2.86. The highest BCUT2D eigenvalue weighted by Crippen LogP contribution is 2.17. The molecule has 0 aromatic heterocycles. The lowest BCUT2D eigenvalue weighted by atomic mass is 10.1. The summed E-state index contributed by atoms with van der Waals surface area (Å²) < 4.78 is 1.19. The van der Waals surface area contributed by atoms with Gasteiger partial charge in [0.05, 0.1) is 0 Å². The Hall–Kier alpha value is 0.0500. The predicted octanol–water partition coefficient (Wildman–Crippen LogP) is 3.23. The van der Waals surface area contributed by atoms with Crippen LogP contribution in [0.4, 0.5) is 0 Å². The van der Waals surface area contributed by atoms with E-state index in [0.717, 1.165) is 12.2 Å². The van der Waals surface area contributed by atoms with Crippen molar-refractivity contribution in [1.29, 1.82) is 0 Å². The van der Waals surface area contributed by atoms with Crippen LogP contribution in [0.5, 0.6) is 0 Å². The molecule has 0 fully saturated rings. The lowest BCUT2D eigenvalue weighted by Gasteiger charge is -2.01. The molecule has 0 saturated carbocycles. The van der Waals surface area contributed by atoms with Crippen LogP contribution in [0.25, 0.3) is 0 Å². The largest absolute Gasteiger partial charge is 0.179 e. The first-order valence-electron chi connectivity index (χ1n) is 3.60. The van der Waals surface area contributed by atoms with E-state index >= 15 is 0 Å². The molecule has 1 aromatic rings. The fraction of sp³-hybridized carbons (Fsp3) is 0.333. The van der Waals surface area contributed by atoms with Crippen molar-refractivity contribution in [1.82, 2.24) is 0 Å². The van der Waals surface area contributed by atoms with Crippen LogP contribution in [0.3, 0.4) is 0 Å². The number of hydrogen-bond donors (Lipinski definition) is 1. The van der Waals surface area contributed by atoms with Gasteiger partial charge in [-0.3, -0.25) is 0 Å². The molecule has 0 atom stereocenters. The Kier molecular flexibility index (Phi) is 3.46. The van der Waals surface area contributed by atoms with Crippen LogP contribution in [0, 0.1) is 6.92 Å². The average molecular weight is 231 g/mol. The minimum Gasteiger partial charge on any atom is -0.179 e. The van der Waals surface area contributed by atoms with Gasteiger partial charge >= 0.3 is 0 Å². The summed E-state index contributed by atoms with van der Waals surface area (Å²) in [5.74, 6) is 0.912. The van der Waals surface area contributed by atoms with Gasteiger partial charge in [0, 0.05) is 4.47 Å². The van der Waals surface area contributed by atoms with Gasteiger partial charge in [0.15, 0.2) is 0 Å². The van der Waals surface area contributed by atoms with Crippen LogP contribution in [-0.4, -0.2) is 5.75 Å². The molecular weight excluding hydrogens is 220 g/mol. The minimum absolute atomic E-state index is 0.912. The zero-order chi connectivity index (χ0) is 8.27. The highest BCUT2D eigenvalue weighted by atomic mass is 79.9. The minimum atomic E-state index is 0.912. The molecule has 0 heterocycles. The van der Waals surface area contributed by atoms with Crippen molar-refractivity contribution in [2.45, 2.75) is 13.3 Å². The summed E-state index contributed by atoms with van der Waals surface area (Å²) in [5, 5.41) is 0. The van der Waals surface area contributed by atoms with E-state index in [9.17, 15) is 0 Å². The zero-order valence-electron chi connectivity index (χ0n) is 6.47. The average Bonchev–Trinajstić information content (AvgIpc) is 1.98. The van der Waals surface area contributed by atoms with E-state index in [2.05, 4.69) is 53.7 Å². The van der Waals surface area contributed by atoms with Crippen LogP contribution in [0.1, 0.15) is 11.1 Å². The molecule has 0 saturated heterocycles. The molecule has 0 aliphatic rings. The number of rotatable bonds is 2. The molecule has 11 heavy (non-hydrogen) atoms. The molecule has 2 heteroatoms. The summed E-state index contributed by atoms with van der Waals surface area (Å²) in [5.41, 5.74) is 2.63. The van der Waals surface area contributed by atoms with Crippen molar-refractivity contribution in [3.8, 4) is 0 Å². The Bertz CT molecular complexity index is 245. The third-order valence-corrected chi connectivity index (χ3v) is 2.71. The normalized spacial score (nSPS) is 10.1. The lowest BCUT2D eigenvalue weighted by molar-refractivity contribution is 1.15. The molecule has 0 radical (unpaired) electrons. The summed E-state index contributed by atoms with van der Waals surface area (Å²) >= 11 is 7.67. The van der Waals surface area contributed by atoms with Crippen LogP contribution in [0.2, 0.25) is 0 Å². The first-order chi connectivity index (χ1) is 5.24. The molecule has 0 unspecified atom stereocenters. The summed E-state index contributed by atoms with van der Waals surface area (Å²) in [7, 11) is 0. The molecule has 0 amide bonds. The fourth-order valence-electron chi connectivity index (χ4n) is 0.921. The second-order valence-corrected chi connectivity index (χ2v) is 3.86. The maximum Gasteiger partial charge on any atom is 0.0207 e. The Labute approximate surface area is 81.5 Å². The zero-order valence-corrected chi connectivity index (χ0v) is 8.95. The number of benzene rings is 1. The van der Waals surface area contributed by atoms with Crippen molar-refractivity contribution in [2.75, 3.05) is 5.75 Å². The van der Waals surface area contributed by atoms with Crippen LogP contribution < -0.4 is 0 Å². The maximum absolute atomic E-state index is 4.18. The standard InChI is InChI=1S/C9H11BrS/c1-7-2-3-8(4-5-11)6-9(7)10/h2-3,6,11H,4-5H2,1H3. The Morgan fingerprint density at radius 3 is 2.73 bits per heavy atom. The van der Waals surface area contributed by atoms with Crippen LogP contribution in [0.15, 0.2) is 22.7 Å². The predicted molar refractivity (Wildman–Crippen MR) is 56.4 cm³/mol. The number of thiol groups is 1. The monoisotopic (exact) mass is 230 g/mol. The van der Waals surface area contributed by atoms with E-state index < -0.39 is 0 Å². The van der Waals surface area contributed by atoms with Crippen molar-refractivity contribution in [3.63, 3.8) is 0 Å². The van der Waals surface area contributed by atoms with E-state index in [0.29, 0.717) is 0 Å². The summed E-state index contributed by atoms with van der Waals surface area (Å²) in [6.45, 7) is 2.09. The van der Waals surface area contributed by atoms with Gasteiger partial charge in [0.1, 0.15) is 0 Å². The van der Waals surface area contributed by atoms with Crippen molar-refractivity contribution in [2.24, 2.45) is 0 Å². The molecule has 0 bridgehead atoms. The highest BCUT2D eigenvalue weighted by molar-refractivity contribution is 9.10. The summed E-state index contributed by atoms with van der Waals surface area (Å²) in [6, 6.07) is 6.44. The van der Waals surface area contributed by atoms with Gasteiger partial charge < -0.3 is 0 Å². The third-order valence-electron chi connectivity index (χ3n) is 1.64. The molecule has 1 rings (SSSR count). The fourth-order valence-corrected chi connectivity index (χ4v) is 1.61. The van der Waals surface area contributed by atoms with Crippen LogP contribution >= 0.6 is 28.6 Å². The van der Waals surface area contributed by atoms with E-state index in [1.807, 2.05) is 0 Å². The van der Waals surface area contributed by atoms with Gasteiger partial charge in [-0.15, -0.1) is 0 Å². The number of halogens is 1. The van der Waals surface area contributed by atoms with Gasteiger partial charge in [-0.2, -0.15) is 12.6 Å².